The van der Waals surface area contributed by atoms with Gasteiger partial charge >= 0.3 is 0 Å². The van der Waals surface area contributed by atoms with E-state index in [9.17, 15) is 15.0 Å². The van der Waals surface area contributed by atoms with Crippen LogP contribution in [0.3, 0.4) is 0 Å². The number of aliphatic hydroxyl groups is 1. The van der Waals surface area contributed by atoms with Crippen molar-refractivity contribution in [2.24, 2.45) is 4.99 Å². The molecule has 8 nitrogen and oxygen atoms in total. The maximum Gasteiger partial charge on any atom is 0.231 e. The summed E-state index contributed by atoms with van der Waals surface area (Å²) in [5, 5.41) is 33.5. The molecule has 29 heavy (non-hydrogen) atoms. The number of carbonyl (C=O) groups is 1. The number of H-pyrrole nitrogens is 1. The topological polar surface area (TPSA) is 123 Å². The fourth-order valence-electron chi connectivity index (χ4n) is 2.56. The molecular weight excluding hydrogens is 394 g/mol. The minimum atomic E-state index is -1.05. The summed E-state index contributed by atoms with van der Waals surface area (Å²) in [6, 6.07) is 11.7. The van der Waals surface area contributed by atoms with E-state index in [-0.39, 0.29) is 30.6 Å². The van der Waals surface area contributed by atoms with Crippen molar-refractivity contribution in [3.8, 4) is 5.75 Å². The monoisotopic (exact) mass is 415 g/mol. The summed E-state index contributed by atoms with van der Waals surface area (Å²) in [6.07, 6.45) is 0.0976. The maximum atomic E-state index is 12.5. The molecule has 5 N–H and O–H groups in total. The van der Waals surface area contributed by atoms with Crippen molar-refractivity contribution in [2.45, 2.75) is 25.9 Å². The number of aromatic amines is 1. The summed E-state index contributed by atoms with van der Waals surface area (Å²) in [6.45, 7) is 3.32. The number of rotatable bonds is 5. The first kappa shape index (κ1) is 20.6. The highest BCUT2D eigenvalue weighted by atomic mass is 35.5. The number of benzene rings is 2. The van der Waals surface area contributed by atoms with E-state index in [4.69, 9.17) is 11.6 Å². The molecule has 0 bridgehead atoms. The van der Waals surface area contributed by atoms with Gasteiger partial charge in [-0.25, -0.2) is 4.99 Å². The van der Waals surface area contributed by atoms with Gasteiger partial charge in [-0.05, 0) is 49.7 Å². The summed E-state index contributed by atoms with van der Waals surface area (Å²) >= 11 is 6.00. The molecule has 152 valence electrons. The lowest BCUT2D eigenvalue weighted by Gasteiger charge is -2.16. The molecule has 9 heteroatoms. The Kier molecular flexibility index (Phi) is 6.05. The summed E-state index contributed by atoms with van der Waals surface area (Å²) < 4.78 is 0. The van der Waals surface area contributed by atoms with E-state index >= 15 is 0 Å². The van der Waals surface area contributed by atoms with Crippen molar-refractivity contribution in [2.75, 3.05) is 11.9 Å². The lowest BCUT2D eigenvalue weighted by Crippen LogP contribution is -2.38. The minimum absolute atomic E-state index is 0.0724. The number of carbonyl (C=O) groups excluding carboxylic acids is 1. The number of nitrogens with one attached hydrogen (secondary N) is 3. The van der Waals surface area contributed by atoms with Gasteiger partial charge < -0.3 is 15.5 Å². The molecule has 2 aromatic carbocycles. The first-order valence-electron chi connectivity index (χ1n) is 8.95. The second kappa shape index (κ2) is 8.50. The van der Waals surface area contributed by atoms with Gasteiger partial charge in [0.25, 0.3) is 0 Å². The van der Waals surface area contributed by atoms with E-state index in [0.717, 1.165) is 16.5 Å². The third-order valence-corrected chi connectivity index (χ3v) is 4.18. The maximum absolute atomic E-state index is 12.5. The summed E-state index contributed by atoms with van der Waals surface area (Å²) in [5.41, 5.74) is 0.426. The van der Waals surface area contributed by atoms with Crippen molar-refractivity contribution in [1.82, 2.24) is 15.5 Å². The molecule has 0 saturated heterocycles. The number of anilines is 1. The van der Waals surface area contributed by atoms with Crippen LogP contribution in [0.5, 0.6) is 5.75 Å². The van der Waals surface area contributed by atoms with Gasteiger partial charge in [0.2, 0.25) is 11.9 Å². The van der Waals surface area contributed by atoms with Crippen LogP contribution in [0.25, 0.3) is 10.9 Å². The molecule has 0 radical (unpaired) electrons. The number of hydrogen-bond acceptors (Lipinski definition) is 5. The van der Waals surface area contributed by atoms with E-state index in [2.05, 4.69) is 25.8 Å². The van der Waals surface area contributed by atoms with Gasteiger partial charge in [-0.1, -0.05) is 23.7 Å². The van der Waals surface area contributed by atoms with Crippen LogP contribution in [0, 0.1) is 0 Å². The van der Waals surface area contributed by atoms with Gasteiger partial charge in [0, 0.05) is 10.4 Å². The number of aromatic hydroxyl groups is 1. The Bertz CT molecular complexity index is 1040. The number of aliphatic imine (C=N–C) groups is 1. The number of phenolic OH excluding ortho intramolecular Hbond substituents is 1. The SMILES string of the molecule is CC(C)(O)CN=C(NC(=O)Cc1ccc(O)cc1)Nc1n[nH]c2cc(Cl)ccc12. The van der Waals surface area contributed by atoms with Crippen molar-refractivity contribution in [3.05, 3.63) is 53.1 Å². The number of aromatic nitrogens is 2. The van der Waals surface area contributed by atoms with Gasteiger partial charge in [0.15, 0.2) is 5.82 Å². The molecule has 1 amide bonds. The molecule has 1 aromatic heterocycles. The highest BCUT2D eigenvalue weighted by molar-refractivity contribution is 6.31. The first-order chi connectivity index (χ1) is 13.7. The summed E-state index contributed by atoms with van der Waals surface area (Å²) in [5.74, 6) is 0.463. The van der Waals surface area contributed by atoms with Gasteiger partial charge in [-0.3, -0.25) is 15.2 Å². The summed E-state index contributed by atoms with van der Waals surface area (Å²) in [7, 11) is 0. The van der Waals surface area contributed by atoms with E-state index in [1.54, 1.807) is 44.2 Å². The summed E-state index contributed by atoms with van der Waals surface area (Å²) in [4.78, 5) is 16.8. The molecule has 0 aliphatic carbocycles. The molecule has 0 aliphatic rings. The average Bonchev–Trinajstić information content (AvgIpc) is 3.03. The Hall–Kier alpha value is -3.10. The van der Waals surface area contributed by atoms with Crippen LogP contribution in [0.15, 0.2) is 47.5 Å². The Balaban J connectivity index is 1.78. The molecule has 0 fully saturated rings. The van der Waals surface area contributed by atoms with Gasteiger partial charge in [-0.2, -0.15) is 5.10 Å². The molecule has 3 aromatic rings. The molecule has 0 unspecified atom stereocenters. The third kappa shape index (κ3) is 5.94. The van der Waals surface area contributed by atoms with E-state index in [1.807, 2.05) is 0 Å². The van der Waals surface area contributed by atoms with E-state index < -0.39 is 5.60 Å². The Morgan fingerprint density at radius 3 is 2.66 bits per heavy atom. The van der Waals surface area contributed by atoms with Crippen molar-refractivity contribution in [3.63, 3.8) is 0 Å². The Morgan fingerprint density at radius 1 is 1.24 bits per heavy atom. The smallest absolute Gasteiger partial charge is 0.231 e. The van der Waals surface area contributed by atoms with Gasteiger partial charge in [-0.15, -0.1) is 0 Å². The molecule has 0 atom stereocenters. The van der Waals surface area contributed by atoms with Crippen molar-refractivity contribution in [1.29, 1.82) is 0 Å². The molecule has 3 rings (SSSR count). The molecule has 1 heterocycles. The first-order valence-corrected chi connectivity index (χ1v) is 9.33. The van der Waals surface area contributed by atoms with Crippen LogP contribution >= 0.6 is 11.6 Å². The van der Waals surface area contributed by atoms with Crippen LogP contribution in [0.2, 0.25) is 5.02 Å². The van der Waals surface area contributed by atoms with Crippen LogP contribution in [-0.4, -0.2) is 44.4 Å². The normalized spacial score (nSPS) is 12.2. The van der Waals surface area contributed by atoms with E-state index in [0.29, 0.717) is 10.8 Å². The predicted octanol–water partition coefficient (Wildman–Crippen LogP) is 2.82. The van der Waals surface area contributed by atoms with Crippen molar-refractivity contribution >= 4 is 40.2 Å². The lowest BCUT2D eigenvalue weighted by atomic mass is 10.1. The fourth-order valence-corrected chi connectivity index (χ4v) is 2.73. The van der Waals surface area contributed by atoms with Gasteiger partial charge in [0.1, 0.15) is 5.75 Å². The molecule has 0 aliphatic heterocycles. The number of amides is 1. The van der Waals surface area contributed by atoms with Crippen molar-refractivity contribution < 1.29 is 15.0 Å². The largest absolute Gasteiger partial charge is 0.508 e. The number of hydrogen-bond donors (Lipinski definition) is 5. The Morgan fingerprint density at radius 2 is 1.97 bits per heavy atom. The number of fused-ring (bicyclic) bond motifs is 1. The molecule has 0 saturated carbocycles. The van der Waals surface area contributed by atoms with Crippen LogP contribution in [0.1, 0.15) is 19.4 Å². The second-order valence-corrected chi connectivity index (χ2v) is 7.69. The zero-order valence-corrected chi connectivity index (χ0v) is 16.8. The molecule has 0 spiro atoms. The van der Waals surface area contributed by atoms with Crippen LogP contribution in [0.4, 0.5) is 5.82 Å². The number of halogens is 1. The predicted molar refractivity (Wildman–Crippen MR) is 113 cm³/mol. The minimum Gasteiger partial charge on any atom is -0.508 e. The average molecular weight is 416 g/mol. The van der Waals surface area contributed by atoms with Gasteiger partial charge in [0.05, 0.1) is 24.1 Å². The zero-order valence-electron chi connectivity index (χ0n) is 16.0. The highest BCUT2D eigenvalue weighted by Crippen LogP contribution is 2.23. The molecular formula is C20H22ClN5O3. The zero-order chi connectivity index (χ0) is 21.0. The van der Waals surface area contributed by atoms with Crippen LogP contribution < -0.4 is 10.6 Å². The van der Waals surface area contributed by atoms with Crippen LogP contribution in [-0.2, 0) is 11.2 Å². The Labute approximate surface area is 172 Å². The fraction of sp³-hybridized carbons (Fsp3) is 0.250. The quantitative estimate of drug-likeness (QED) is 0.324. The lowest BCUT2D eigenvalue weighted by molar-refractivity contribution is -0.119. The number of guanidine groups is 1. The highest BCUT2D eigenvalue weighted by Gasteiger charge is 2.15. The standard InChI is InChI=1S/C20H22ClN5O3/c1-20(2,29)11-22-19(23-17(28)9-12-3-6-14(27)7-4-12)24-18-15-8-5-13(21)10-16(15)25-26-18/h3-8,10,27,29H,9,11H2,1-2H3,(H3,22,23,24,25,26,28). The number of nitrogens with zero attached hydrogens (tertiary/aromatic N) is 2. The van der Waals surface area contributed by atoms with E-state index in [1.165, 1.54) is 12.1 Å². The second-order valence-electron chi connectivity index (χ2n) is 7.26. The number of phenols is 1. The third-order valence-electron chi connectivity index (χ3n) is 3.94.